The molecule has 1 fully saturated rings. The highest BCUT2D eigenvalue weighted by Crippen LogP contribution is 2.46. The summed E-state index contributed by atoms with van der Waals surface area (Å²) in [6, 6.07) is 19.5. The SMILES string of the molecule is Cc1cccc(C2C(C(=O)c3cccc(F)c3)CN(CCN)CC2c2cc[c]cc2F)c1C. The van der Waals surface area contributed by atoms with Gasteiger partial charge in [-0.15, -0.1) is 0 Å². The number of rotatable bonds is 6. The number of ketones is 1. The maximum absolute atomic E-state index is 15.1. The number of likely N-dealkylation sites (tertiary alicyclic amines) is 1. The number of carbonyl (C=O) groups excluding carboxylic acids is 1. The van der Waals surface area contributed by atoms with Gasteiger partial charge in [0.2, 0.25) is 0 Å². The average Bonchev–Trinajstić information content (AvgIpc) is 2.81. The maximum Gasteiger partial charge on any atom is 0.167 e. The van der Waals surface area contributed by atoms with Crippen molar-refractivity contribution in [3.63, 3.8) is 0 Å². The van der Waals surface area contributed by atoms with E-state index in [1.165, 1.54) is 18.2 Å². The Kier molecular flexibility index (Phi) is 7.01. The summed E-state index contributed by atoms with van der Waals surface area (Å²) in [7, 11) is 0. The molecule has 0 saturated carbocycles. The molecule has 2 N–H and O–H groups in total. The molecule has 0 spiro atoms. The Morgan fingerprint density at radius 2 is 1.88 bits per heavy atom. The van der Waals surface area contributed by atoms with Gasteiger partial charge in [-0.1, -0.05) is 42.5 Å². The van der Waals surface area contributed by atoms with Crippen LogP contribution >= 0.6 is 0 Å². The average molecular weight is 448 g/mol. The van der Waals surface area contributed by atoms with Crippen LogP contribution in [-0.2, 0) is 0 Å². The molecule has 0 amide bonds. The third kappa shape index (κ3) is 4.75. The molecule has 3 atom stereocenters. The van der Waals surface area contributed by atoms with Gasteiger partial charge in [-0.3, -0.25) is 4.79 Å². The number of aryl methyl sites for hydroxylation is 1. The molecule has 1 saturated heterocycles. The fourth-order valence-corrected chi connectivity index (χ4v) is 5.19. The molecule has 3 aromatic carbocycles. The normalized spacial score (nSPS) is 21.2. The zero-order chi connectivity index (χ0) is 23.5. The quantitative estimate of drug-likeness (QED) is 0.540. The first-order valence-electron chi connectivity index (χ1n) is 11.3. The summed E-state index contributed by atoms with van der Waals surface area (Å²) in [5, 5.41) is 0. The van der Waals surface area contributed by atoms with E-state index in [0.29, 0.717) is 37.3 Å². The largest absolute Gasteiger partial charge is 0.329 e. The van der Waals surface area contributed by atoms with Crippen molar-refractivity contribution < 1.29 is 13.6 Å². The number of carbonyl (C=O) groups is 1. The number of halogens is 2. The molecular formula is C28H29F2N2O. The standard InChI is InChI=1S/C28H29F2N2O/c1-18-7-5-11-22(19(18)2)27-24(23-10-3-4-12-26(23)30)16-32(14-13-31)17-25(27)28(33)20-8-6-9-21(29)15-20/h3,5-12,15,24-25,27H,13-14,16-17,31H2,1-2H3. The van der Waals surface area contributed by atoms with Crippen molar-refractivity contribution in [2.45, 2.75) is 25.7 Å². The Morgan fingerprint density at radius 1 is 1.09 bits per heavy atom. The summed E-state index contributed by atoms with van der Waals surface area (Å²) in [6.45, 7) is 6.20. The Bertz CT molecular complexity index is 1150. The number of hydrogen-bond acceptors (Lipinski definition) is 3. The molecule has 1 heterocycles. The van der Waals surface area contributed by atoms with Gasteiger partial charge in [-0.25, -0.2) is 8.78 Å². The highest BCUT2D eigenvalue weighted by atomic mass is 19.1. The van der Waals surface area contributed by atoms with Gasteiger partial charge in [0.15, 0.2) is 5.78 Å². The second-order valence-corrected chi connectivity index (χ2v) is 8.90. The summed E-state index contributed by atoms with van der Waals surface area (Å²) < 4.78 is 29.0. The lowest BCUT2D eigenvalue weighted by Gasteiger charge is -2.44. The summed E-state index contributed by atoms with van der Waals surface area (Å²) in [5.74, 6) is -1.89. The van der Waals surface area contributed by atoms with Gasteiger partial charge < -0.3 is 10.6 Å². The van der Waals surface area contributed by atoms with E-state index in [0.717, 1.165) is 16.7 Å². The molecule has 1 aliphatic heterocycles. The maximum atomic E-state index is 15.1. The van der Waals surface area contributed by atoms with E-state index in [1.54, 1.807) is 24.3 Å². The number of piperidine rings is 1. The van der Waals surface area contributed by atoms with Crippen LogP contribution in [0.3, 0.4) is 0 Å². The van der Waals surface area contributed by atoms with Crippen molar-refractivity contribution in [3.8, 4) is 0 Å². The highest BCUT2D eigenvalue weighted by molar-refractivity contribution is 5.98. The fourth-order valence-electron chi connectivity index (χ4n) is 5.19. The van der Waals surface area contributed by atoms with Gasteiger partial charge in [-0.05, 0) is 60.4 Å². The Morgan fingerprint density at radius 3 is 2.61 bits per heavy atom. The van der Waals surface area contributed by atoms with Crippen molar-refractivity contribution in [3.05, 3.63) is 106 Å². The minimum atomic E-state index is -0.471. The van der Waals surface area contributed by atoms with E-state index in [-0.39, 0.29) is 23.4 Å². The lowest BCUT2D eigenvalue weighted by molar-refractivity contribution is 0.0742. The zero-order valence-corrected chi connectivity index (χ0v) is 19.0. The zero-order valence-electron chi connectivity index (χ0n) is 19.0. The Hall–Kier alpha value is -2.89. The number of Topliss-reactive ketones (excluding diaryl/α,β-unsaturated/α-hetero) is 1. The van der Waals surface area contributed by atoms with E-state index < -0.39 is 11.7 Å². The van der Waals surface area contributed by atoms with Crippen LogP contribution < -0.4 is 5.73 Å². The molecule has 3 unspecified atom stereocenters. The summed E-state index contributed by atoms with van der Waals surface area (Å²) in [6.07, 6.45) is 0. The molecule has 0 aromatic heterocycles. The molecule has 3 nitrogen and oxygen atoms in total. The summed E-state index contributed by atoms with van der Waals surface area (Å²) >= 11 is 0. The molecule has 0 aliphatic carbocycles. The molecular weight excluding hydrogens is 418 g/mol. The van der Waals surface area contributed by atoms with E-state index in [2.05, 4.69) is 11.0 Å². The number of nitrogens with zero attached hydrogens (tertiary/aromatic N) is 1. The first kappa shape index (κ1) is 23.3. The van der Waals surface area contributed by atoms with Gasteiger partial charge >= 0.3 is 0 Å². The first-order valence-corrected chi connectivity index (χ1v) is 11.3. The third-order valence-corrected chi connectivity index (χ3v) is 6.92. The summed E-state index contributed by atoms with van der Waals surface area (Å²) in [4.78, 5) is 15.9. The lowest BCUT2D eigenvalue weighted by Crippen LogP contribution is -2.48. The topological polar surface area (TPSA) is 46.3 Å². The minimum absolute atomic E-state index is 0.130. The fraction of sp³-hybridized carbons (Fsp3) is 0.321. The Balaban J connectivity index is 1.89. The molecule has 171 valence electrons. The van der Waals surface area contributed by atoms with E-state index >= 15 is 4.39 Å². The van der Waals surface area contributed by atoms with Crippen molar-refractivity contribution in [1.82, 2.24) is 4.90 Å². The van der Waals surface area contributed by atoms with Crippen LogP contribution in [0.15, 0.2) is 60.7 Å². The van der Waals surface area contributed by atoms with Gasteiger partial charge in [0.05, 0.1) is 0 Å². The monoisotopic (exact) mass is 447 g/mol. The van der Waals surface area contributed by atoms with Gasteiger partial charge in [0.25, 0.3) is 0 Å². The Labute approximate surface area is 194 Å². The van der Waals surface area contributed by atoms with Crippen LogP contribution in [0.2, 0.25) is 0 Å². The molecule has 33 heavy (non-hydrogen) atoms. The van der Waals surface area contributed by atoms with E-state index in [9.17, 15) is 9.18 Å². The molecule has 5 heteroatoms. The molecule has 0 bridgehead atoms. The molecule has 3 aromatic rings. The highest BCUT2D eigenvalue weighted by Gasteiger charge is 2.43. The van der Waals surface area contributed by atoms with E-state index in [4.69, 9.17) is 5.73 Å². The summed E-state index contributed by atoms with van der Waals surface area (Å²) in [5.41, 5.74) is 10.0. The number of benzene rings is 3. The van der Waals surface area contributed by atoms with Crippen molar-refractivity contribution >= 4 is 5.78 Å². The predicted octanol–water partition coefficient (Wildman–Crippen LogP) is 5.02. The number of hydrogen-bond donors (Lipinski definition) is 1. The van der Waals surface area contributed by atoms with Gasteiger partial charge in [-0.2, -0.15) is 0 Å². The third-order valence-electron chi connectivity index (χ3n) is 6.92. The van der Waals surface area contributed by atoms with Crippen LogP contribution in [0.4, 0.5) is 8.78 Å². The van der Waals surface area contributed by atoms with Crippen molar-refractivity contribution in [2.75, 3.05) is 26.2 Å². The molecule has 1 radical (unpaired) electrons. The predicted molar refractivity (Wildman–Crippen MR) is 126 cm³/mol. The van der Waals surface area contributed by atoms with Crippen molar-refractivity contribution in [2.24, 2.45) is 11.7 Å². The van der Waals surface area contributed by atoms with E-state index in [1.807, 2.05) is 32.0 Å². The molecule has 4 rings (SSSR count). The minimum Gasteiger partial charge on any atom is -0.329 e. The smallest absolute Gasteiger partial charge is 0.167 e. The van der Waals surface area contributed by atoms with Crippen LogP contribution in [-0.4, -0.2) is 36.9 Å². The van der Waals surface area contributed by atoms with Crippen LogP contribution in [0.5, 0.6) is 0 Å². The second kappa shape index (κ2) is 9.94. The van der Waals surface area contributed by atoms with Gasteiger partial charge in [0, 0.05) is 49.5 Å². The van der Waals surface area contributed by atoms with Crippen LogP contribution in [0.1, 0.15) is 44.4 Å². The molecule has 1 aliphatic rings. The second-order valence-electron chi connectivity index (χ2n) is 8.90. The first-order chi connectivity index (χ1) is 15.9. The number of nitrogens with two attached hydrogens (primary N) is 1. The van der Waals surface area contributed by atoms with Gasteiger partial charge in [0.1, 0.15) is 11.6 Å². The van der Waals surface area contributed by atoms with Crippen molar-refractivity contribution in [1.29, 1.82) is 0 Å². The lowest BCUT2D eigenvalue weighted by atomic mass is 9.67. The van der Waals surface area contributed by atoms with Crippen LogP contribution in [0, 0.1) is 37.5 Å². The van der Waals surface area contributed by atoms with Crippen LogP contribution in [0.25, 0.3) is 0 Å².